The standard InChI is InChI=1S/C30H40F2O5S/c1-17-13-20-21-15-23(31)22-14-19(33)11-12-27(22,2)29(21,32)24(34)16-28(20,3)30(17,26(36)38)37-25(35)10-9-18-7-5-4-6-8-18/h11-12,14,17-18,20-21,23-24,34H,4-10,13,15-16H2,1-3H3,(H,36,38)/t17-,20+,21+,23+,24+,27+,28+,29+,30+/m1/s1. The number of ether oxygens (including phenoxy) is 1. The maximum atomic E-state index is 17.4. The number of aliphatic hydroxyl groups is 1. The van der Waals surface area contributed by atoms with E-state index in [1.54, 1.807) is 20.8 Å². The molecular formula is C30H40F2O5S. The van der Waals surface area contributed by atoms with Gasteiger partial charge in [-0.1, -0.05) is 52.0 Å². The predicted octanol–water partition coefficient (Wildman–Crippen LogP) is 5.65. The summed E-state index contributed by atoms with van der Waals surface area (Å²) >= 11 is 4.22. The number of thiol groups is 1. The fourth-order valence-corrected chi connectivity index (χ4v) is 9.79. The molecule has 0 heterocycles. The Labute approximate surface area is 229 Å². The van der Waals surface area contributed by atoms with Crippen molar-refractivity contribution in [1.29, 1.82) is 0 Å². The Bertz CT molecular complexity index is 1080. The van der Waals surface area contributed by atoms with Crippen molar-refractivity contribution in [2.45, 2.75) is 109 Å². The second-order valence-electron chi connectivity index (χ2n) is 13.1. The van der Waals surface area contributed by atoms with Crippen LogP contribution >= 0.6 is 12.6 Å². The van der Waals surface area contributed by atoms with Gasteiger partial charge in [-0.15, -0.1) is 12.6 Å². The Balaban J connectivity index is 1.48. The van der Waals surface area contributed by atoms with E-state index in [2.05, 4.69) is 12.6 Å². The molecule has 0 amide bonds. The molecule has 210 valence electrons. The van der Waals surface area contributed by atoms with Gasteiger partial charge in [0.05, 0.1) is 6.10 Å². The molecule has 4 fully saturated rings. The highest BCUT2D eigenvalue weighted by Crippen LogP contribution is 2.71. The number of hydrogen-bond acceptors (Lipinski definition) is 5. The molecule has 0 aromatic heterocycles. The molecule has 0 bridgehead atoms. The highest BCUT2D eigenvalue weighted by atomic mass is 32.1. The first-order valence-corrected chi connectivity index (χ1v) is 14.7. The number of alkyl halides is 2. The molecule has 0 unspecified atom stereocenters. The van der Waals surface area contributed by atoms with Crippen LogP contribution in [0.15, 0.2) is 23.8 Å². The number of carbonyl (C=O) groups is 3. The first kappa shape index (κ1) is 28.0. The van der Waals surface area contributed by atoms with Gasteiger partial charge in [-0.05, 0) is 62.2 Å². The molecule has 0 aliphatic heterocycles. The molecule has 8 heteroatoms. The van der Waals surface area contributed by atoms with Crippen LogP contribution in [0, 0.1) is 34.5 Å². The molecule has 38 heavy (non-hydrogen) atoms. The third-order valence-electron chi connectivity index (χ3n) is 11.2. The summed E-state index contributed by atoms with van der Waals surface area (Å²) in [4.78, 5) is 38.5. The first-order chi connectivity index (χ1) is 17.8. The lowest BCUT2D eigenvalue weighted by atomic mass is 9.44. The van der Waals surface area contributed by atoms with Crippen molar-refractivity contribution in [3.05, 3.63) is 23.8 Å². The Morgan fingerprint density at radius 2 is 1.84 bits per heavy atom. The lowest BCUT2D eigenvalue weighted by molar-refractivity contribution is -0.228. The largest absolute Gasteiger partial charge is 0.449 e. The van der Waals surface area contributed by atoms with Gasteiger partial charge in [0.1, 0.15) is 6.17 Å². The molecule has 5 nitrogen and oxygen atoms in total. The van der Waals surface area contributed by atoms with Gasteiger partial charge >= 0.3 is 5.97 Å². The van der Waals surface area contributed by atoms with E-state index in [4.69, 9.17) is 4.74 Å². The van der Waals surface area contributed by atoms with Crippen LogP contribution in [-0.4, -0.2) is 45.5 Å². The Hall–Kier alpha value is -1.54. The summed E-state index contributed by atoms with van der Waals surface area (Å²) in [7, 11) is 0. The second kappa shape index (κ2) is 9.53. The van der Waals surface area contributed by atoms with E-state index >= 15 is 8.78 Å². The highest BCUT2D eigenvalue weighted by Gasteiger charge is 2.77. The van der Waals surface area contributed by atoms with Gasteiger partial charge in [-0.3, -0.25) is 14.4 Å². The number of halogens is 2. The number of esters is 1. The summed E-state index contributed by atoms with van der Waals surface area (Å²) in [6.45, 7) is 5.13. The van der Waals surface area contributed by atoms with Gasteiger partial charge in [-0.25, -0.2) is 8.78 Å². The number of carbonyl (C=O) groups excluding carboxylic acids is 3. The van der Waals surface area contributed by atoms with E-state index in [1.807, 2.05) is 0 Å². The smallest absolute Gasteiger partial charge is 0.306 e. The highest BCUT2D eigenvalue weighted by molar-refractivity contribution is 7.96. The van der Waals surface area contributed by atoms with Crippen LogP contribution in [0.25, 0.3) is 0 Å². The fourth-order valence-electron chi connectivity index (χ4n) is 9.27. The lowest BCUT2D eigenvalue weighted by Crippen LogP contribution is -2.70. The maximum absolute atomic E-state index is 17.4. The minimum absolute atomic E-state index is 0.0584. The van der Waals surface area contributed by atoms with Crippen molar-refractivity contribution < 1.29 is 33.0 Å². The quantitative estimate of drug-likeness (QED) is 0.342. The van der Waals surface area contributed by atoms with Gasteiger partial charge in [0.15, 0.2) is 17.1 Å². The van der Waals surface area contributed by atoms with E-state index in [0.717, 1.165) is 31.8 Å². The van der Waals surface area contributed by atoms with Crippen LogP contribution in [0.3, 0.4) is 0 Å². The van der Waals surface area contributed by atoms with E-state index in [0.29, 0.717) is 18.8 Å². The van der Waals surface area contributed by atoms with Gasteiger partial charge in [0.2, 0.25) is 5.12 Å². The number of aliphatic hydroxyl groups excluding tert-OH is 1. The van der Waals surface area contributed by atoms with Crippen LogP contribution in [0.1, 0.15) is 85.0 Å². The summed E-state index contributed by atoms with van der Waals surface area (Å²) in [5.74, 6) is -2.36. The van der Waals surface area contributed by atoms with E-state index in [1.165, 1.54) is 18.6 Å². The van der Waals surface area contributed by atoms with Crippen molar-refractivity contribution in [2.75, 3.05) is 0 Å². The monoisotopic (exact) mass is 550 g/mol. The lowest BCUT2D eigenvalue weighted by Gasteiger charge is -2.63. The van der Waals surface area contributed by atoms with Gasteiger partial charge in [0, 0.05) is 29.1 Å². The Morgan fingerprint density at radius 3 is 2.50 bits per heavy atom. The zero-order valence-corrected chi connectivity index (χ0v) is 23.4. The van der Waals surface area contributed by atoms with Crippen molar-refractivity contribution in [2.24, 2.45) is 34.5 Å². The average Bonchev–Trinajstić information content (AvgIpc) is 3.08. The normalized spacial score (nSPS) is 46.6. The molecule has 1 N–H and O–H groups in total. The molecule has 5 rings (SSSR count). The summed E-state index contributed by atoms with van der Waals surface area (Å²) in [5.41, 5.74) is -6.46. The number of allylic oxidation sites excluding steroid dienone is 4. The molecule has 5 aliphatic carbocycles. The molecular weight excluding hydrogens is 510 g/mol. The third kappa shape index (κ3) is 3.75. The fraction of sp³-hybridized carbons (Fsp3) is 0.767. The summed E-state index contributed by atoms with van der Waals surface area (Å²) in [6, 6.07) is 0. The van der Waals surface area contributed by atoms with Gasteiger partial charge in [0.25, 0.3) is 0 Å². The average molecular weight is 551 g/mol. The number of fused-ring (bicyclic) bond motifs is 5. The molecule has 0 aromatic rings. The van der Waals surface area contributed by atoms with Crippen LogP contribution in [0.2, 0.25) is 0 Å². The summed E-state index contributed by atoms with van der Waals surface area (Å²) < 4.78 is 39.1. The van der Waals surface area contributed by atoms with Gasteiger partial charge in [-0.2, -0.15) is 0 Å². The zero-order chi connectivity index (χ0) is 27.7. The Kier molecular flexibility index (Phi) is 7.03. The molecule has 4 saturated carbocycles. The SMILES string of the molecule is C[C@@H]1C[C@H]2[C@@H]3C[C@H](F)C4=CC(=O)C=C[C@]4(C)[C@@]3(F)[C@@H](O)C[C@]2(C)[C@@]1(OC(=O)CCC1CCCCC1)C(=O)S. The second-order valence-corrected chi connectivity index (χ2v) is 13.5. The van der Waals surface area contributed by atoms with Crippen LogP contribution in [-0.2, 0) is 19.1 Å². The number of hydrogen-bond donors (Lipinski definition) is 2. The van der Waals surface area contributed by atoms with Crippen molar-refractivity contribution in [3.63, 3.8) is 0 Å². The van der Waals surface area contributed by atoms with Crippen LogP contribution in [0.4, 0.5) is 8.78 Å². The van der Waals surface area contributed by atoms with Crippen molar-refractivity contribution >= 4 is 29.5 Å². The minimum Gasteiger partial charge on any atom is -0.449 e. The third-order valence-corrected chi connectivity index (χ3v) is 11.6. The van der Waals surface area contributed by atoms with E-state index < -0.39 is 69.0 Å². The van der Waals surface area contributed by atoms with Crippen LogP contribution in [0.5, 0.6) is 0 Å². The molecule has 5 aliphatic rings. The molecule has 0 spiro atoms. The topological polar surface area (TPSA) is 80.7 Å². The Morgan fingerprint density at radius 1 is 1.16 bits per heavy atom. The van der Waals surface area contributed by atoms with Gasteiger partial charge < -0.3 is 9.84 Å². The van der Waals surface area contributed by atoms with Crippen molar-refractivity contribution in [3.8, 4) is 0 Å². The molecule has 0 aromatic carbocycles. The van der Waals surface area contributed by atoms with E-state index in [-0.39, 0.29) is 24.8 Å². The zero-order valence-electron chi connectivity index (χ0n) is 22.6. The van der Waals surface area contributed by atoms with E-state index in [9.17, 15) is 19.5 Å². The maximum Gasteiger partial charge on any atom is 0.306 e. The molecule has 9 atom stereocenters. The minimum atomic E-state index is -2.25. The summed E-state index contributed by atoms with van der Waals surface area (Å²) in [5, 5.41) is 10.9. The predicted molar refractivity (Wildman–Crippen MR) is 142 cm³/mol. The summed E-state index contributed by atoms with van der Waals surface area (Å²) in [6.07, 6.45) is 7.28. The van der Waals surface area contributed by atoms with Crippen molar-refractivity contribution in [1.82, 2.24) is 0 Å². The molecule has 0 radical (unpaired) electrons. The number of rotatable bonds is 5. The number of ketones is 1. The first-order valence-electron chi connectivity index (χ1n) is 14.2. The molecule has 0 saturated heterocycles. The van der Waals surface area contributed by atoms with Crippen LogP contribution < -0.4 is 0 Å².